The number of benzene rings is 3. The highest BCUT2D eigenvalue weighted by molar-refractivity contribution is 6.10. The van der Waals surface area contributed by atoms with Crippen molar-refractivity contribution >= 4 is 16.8 Å². The van der Waals surface area contributed by atoms with Crippen LogP contribution in [-0.2, 0) is 6.54 Å². The molecule has 0 spiro atoms. The molecule has 5 rings (SSSR count). The van der Waals surface area contributed by atoms with Crippen molar-refractivity contribution in [1.82, 2.24) is 9.55 Å². The fourth-order valence-electron chi connectivity index (χ4n) is 3.84. The number of ether oxygens (including phenoxy) is 1. The van der Waals surface area contributed by atoms with Crippen molar-refractivity contribution in [3.8, 4) is 17.3 Å². The van der Waals surface area contributed by atoms with Gasteiger partial charge in [0.15, 0.2) is 17.4 Å². The van der Waals surface area contributed by atoms with Gasteiger partial charge < -0.3 is 13.7 Å². The Labute approximate surface area is 185 Å². The van der Waals surface area contributed by atoms with Crippen molar-refractivity contribution in [3.05, 3.63) is 107 Å². The molecule has 0 aliphatic heterocycles. The van der Waals surface area contributed by atoms with Crippen LogP contribution in [0.3, 0.4) is 0 Å². The third kappa shape index (κ3) is 3.69. The lowest BCUT2D eigenvalue weighted by Gasteiger charge is -2.10. The van der Waals surface area contributed by atoms with Gasteiger partial charge in [0.2, 0.25) is 0 Å². The molecule has 0 unspecified atom stereocenters. The molecule has 0 saturated carbocycles. The number of imidazole rings is 1. The molecule has 5 aromatic rings. The Morgan fingerprint density at radius 2 is 1.72 bits per heavy atom. The first kappa shape index (κ1) is 19.8. The van der Waals surface area contributed by atoms with Crippen molar-refractivity contribution in [1.29, 1.82) is 0 Å². The van der Waals surface area contributed by atoms with Crippen molar-refractivity contribution in [3.63, 3.8) is 0 Å². The van der Waals surface area contributed by atoms with E-state index in [1.165, 1.54) is 0 Å². The zero-order valence-electron chi connectivity index (χ0n) is 17.9. The van der Waals surface area contributed by atoms with E-state index in [1.54, 1.807) is 7.11 Å². The first-order chi connectivity index (χ1) is 15.6. The molecule has 32 heavy (non-hydrogen) atoms. The molecule has 2 aromatic heterocycles. The zero-order valence-corrected chi connectivity index (χ0v) is 17.9. The van der Waals surface area contributed by atoms with E-state index >= 15 is 0 Å². The summed E-state index contributed by atoms with van der Waals surface area (Å²) in [7, 11) is 1.65. The molecule has 5 nitrogen and oxygen atoms in total. The third-order valence-electron chi connectivity index (χ3n) is 5.51. The van der Waals surface area contributed by atoms with Crippen molar-refractivity contribution in [2.45, 2.75) is 13.5 Å². The van der Waals surface area contributed by atoms with E-state index in [-0.39, 0.29) is 5.78 Å². The molecule has 3 aromatic carbocycles. The quantitative estimate of drug-likeness (QED) is 0.320. The Hall–Kier alpha value is -4.12. The molecule has 0 N–H and O–H groups in total. The molecule has 0 radical (unpaired) electrons. The molecule has 0 atom stereocenters. The number of aryl methyl sites for hydroxylation is 1. The van der Waals surface area contributed by atoms with E-state index in [2.05, 4.69) is 4.57 Å². The van der Waals surface area contributed by atoms with E-state index in [0.29, 0.717) is 23.4 Å². The number of hydrogen-bond acceptors (Lipinski definition) is 4. The Morgan fingerprint density at radius 1 is 0.938 bits per heavy atom. The van der Waals surface area contributed by atoms with E-state index in [1.807, 2.05) is 91.9 Å². The van der Waals surface area contributed by atoms with Gasteiger partial charge in [-0.25, -0.2) is 4.98 Å². The second-order valence-electron chi connectivity index (χ2n) is 7.68. The maximum atomic E-state index is 13.0. The molecule has 0 aliphatic carbocycles. The fourth-order valence-corrected chi connectivity index (χ4v) is 3.84. The SMILES string of the molecule is COc1ccc(Cn2c(-c3ccc(C)o3)nc3ccc(C(=O)c4ccccc4)cc32)cc1. The first-order valence-electron chi connectivity index (χ1n) is 10.4. The summed E-state index contributed by atoms with van der Waals surface area (Å²) < 4.78 is 13.3. The minimum Gasteiger partial charge on any atom is -0.497 e. The number of aromatic nitrogens is 2. The van der Waals surface area contributed by atoms with E-state index in [9.17, 15) is 4.79 Å². The lowest BCUT2D eigenvalue weighted by Crippen LogP contribution is -2.04. The van der Waals surface area contributed by atoms with Crippen LogP contribution in [0.5, 0.6) is 5.75 Å². The van der Waals surface area contributed by atoms with Crippen molar-refractivity contribution < 1.29 is 13.9 Å². The predicted octanol–water partition coefficient (Wildman–Crippen LogP) is 5.89. The Kier molecular flexibility index (Phi) is 5.07. The summed E-state index contributed by atoms with van der Waals surface area (Å²) in [4.78, 5) is 17.9. The number of furan rings is 1. The normalized spacial score (nSPS) is 11.1. The molecule has 0 saturated heterocycles. The summed E-state index contributed by atoms with van der Waals surface area (Å²) in [5.41, 5.74) is 4.07. The first-order valence-corrected chi connectivity index (χ1v) is 10.4. The zero-order chi connectivity index (χ0) is 22.1. The van der Waals surface area contributed by atoms with E-state index < -0.39 is 0 Å². The van der Waals surface area contributed by atoms with Crippen LogP contribution < -0.4 is 4.74 Å². The standard InChI is InChI=1S/C27H22N2O3/c1-18-8-15-25(32-18)27-28-23-14-11-21(26(30)20-6-4-3-5-7-20)16-24(23)29(27)17-19-9-12-22(31-2)13-10-19/h3-16H,17H2,1-2H3. The number of nitrogens with zero attached hydrogens (tertiary/aromatic N) is 2. The lowest BCUT2D eigenvalue weighted by molar-refractivity contribution is 0.103. The lowest BCUT2D eigenvalue weighted by atomic mass is 10.0. The van der Waals surface area contributed by atoms with Gasteiger partial charge in [-0.15, -0.1) is 0 Å². The Balaban J connectivity index is 1.63. The summed E-state index contributed by atoms with van der Waals surface area (Å²) in [6, 6.07) is 26.8. The highest BCUT2D eigenvalue weighted by Crippen LogP contribution is 2.29. The number of methoxy groups -OCH3 is 1. The highest BCUT2D eigenvalue weighted by atomic mass is 16.5. The van der Waals surface area contributed by atoms with Crippen LogP contribution in [0.4, 0.5) is 0 Å². The second-order valence-corrected chi connectivity index (χ2v) is 7.68. The summed E-state index contributed by atoms with van der Waals surface area (Å²) in [6.07, 6.45) is 0. The summed E-state index contributed by atoms with van der Waals surface area (Å²) in [6.45, 7) is 2.50. The van der Waals surface area contributed by atoms with Gasteiger partial charge in [0.1, 0.15) is 11.5 Å². The maximum Gasteiger partial charge on any atom is 0.193 e. The van der Waals surface area contributed by atoms with Crippen LogP contribution in [0, 0.1) is 6.92 Å². The fraction of sp³-hybridized carbons (Fsp3) is 0.111. The van der Waals surface area contributed by atoms with Crippen LogP contribution in [-0.4, -0.2) is 22.4 Å². The number of hydrogen-bond donors (Lipinski definition) is 0. The van der Waals surface area contributed by atoms with E-state index in [0.717, 1.165) is 33.9 Å². The molecule has 158 valence electrons. The largest absolute Gasteiger partial charge is 0.497 e. The van der Waals surface area contributed by atoms with Crippen LogP contribution in [0.2, 0.25) is 0 Å². The molecule has 5 heteroatoms. The molecule has 0 amide bonds. The van der Waals surface area contributed by atoms with E-state index in [4.69, 9.17) is 14.1 Å². The summed E-state index contributed by atoms with van der Waals surface area (Å²) in [5, 5.41) is 0. The molecular weight excluding hydrogens is 400 g/mol. The minimum atomic E-state index is -0.0138. The van der Waals surface area contributed by atoms with Gasteiger partial charge in [0.25, 0.3) is 0 Å². The number of carbonyl (C=O) groups is 1. The summed E-state index contributed by atoms with van der Waals surface area (Å²) in [5.74, 6) is 3.04. The molecular formula is C27H22N2O3. The molecule has 0 fully saturated rings. The van der Waals surface area contributed by atoms with Crippen molar-refractivity contribution in [2.24, 2.45) is 0 Å². The van der Waals surface area contributed by atoms with Gasteiger partial charge in [-0.2, -0.15) is 0 Å². The van der Waals surface area contributed by atoms with Gasteiger partial charge in [0, 0.05) is 17.7 Å². The average Bonchev–Trinajstić information content (AvgIpc) is 3.42. The van der Waals surface area contributed by atoms with Crippen LogP contribution in [0.1, 0.15) is 27.2 Å². The number of fused-ring (bicyclic) bond motifs is 1. The Morgan fingerprint density at radius 3 is 2.41 bits per heavy atom. The minimum absolute atomic E-state index is 0.0138. The molecule has 0 aliphatic rings. The number of carbonyl (C=O) groups excluding carboxylic acids is 1. The van der Waals surface area contributed by atoms with Crippen LogP contribution in [0.25, 0.3) is 22.6 Å². The van der Waals surface area contributed by atoms with Gasteiger partial charge >= 0.3 is 0 Å². The maximum absolute atomic E-state index is 13.0. The highest BCUT2D eigenvalue weighted by Gasteiger charge is 2.18. The number of rotatable bonds is 6. The van der Waals surface area contributed by atoms with Gasteiger partial charge in [-0.05, 0) is 55.0 Å². The van der Waals surface area contributed by atoms with Crippen LogP contribution in [0.15, 0.2) is 89.3 Å². The molecule has 2 heterocycles. The number of ketones is 1. The van der Waals surface area contributed by atoms with Crippen LogP contribution >= 0.6 is 0 Å². The summed E-state index contributed by atoms with van der Waals surface area (Å²) >= 11 is 0. The smallest absolute Gasteiger partial charge is 0.193 e. The monoisotopic (exact) mass is 422 g/mol. The Bertz CT molecular complexity index is 1400. The van der Waals surface area contributed by atoms with Gasteiger partial charge in [-0.1, -0.05) is 42.5 Å². The third-order valence-corrected chi connectivity index (χ3v) is 5.51. The molecule has 0 bridgehead atoms. The van der Waals surface area contributed by atoms with Gasteiger partial charge in [-0.3, -0.25) is 4.79 Å². The van der Waals surface area contributed by atoms with Crippen molar-refractivity contribution in [2.75, 3.05) is 7.11 Å². The van der Waals surface area contributed by atoms with Gasteiger partial charge in [0.05, 0.1) is 18.1 Å². The second kappa shape index (κ2) is 8.19. The topological polar surface area (TPSA) is 57.3 Å². The average molecular weight is 422 g/mol. The predicted molar refractivity (Wildman–Crippen MR) is 124 cm³/mol.